The molecule has 0 fully saturated rings. The number of nitrogens with zero attached hydrogens (tertiary/aromatic N) is 2. The van der Waals surface area contributed by atoms with Crippen LogP contribution in [0.1, 0.15) is 11.1 Å². The van der Waals surface area contributed by atoms with Crippen LogP contribution in [0.2, 0.25) is 10.0 Å². The van der Waals surface area contributed by atoms with Crippen molar-refractivity contribution in [2.75, 3.05) is 0 Å². The largest absolute Gasteiger partial charge is 0.506 e. The maximum atomic E-state index is 10.1. The second kappa shape index (κ2) is 5.95. The van der Waals surface area contributed by atoms with E-state index in [0.29, 0.717) is 21.8 Å². The number of rotatable bonds is 2. The Morgan fingerprint density at radius 2 is 1.95 bits per heavy atom. The standard InChI is InChI=1S/C17H12Cl2N2O/c1-10-13(18)8-12(17(22)15(10)19)9-21-14-6-2-4-11-5-3-7-20-16(11)14/h2-9,22H,1H3. The summed E-state index contributed by atoms with van der Waals surface area (Å²) in [4.78, 5) is 8.75. The molecule has 0 radical (unpaired) electrons. The summed E-state index contributed by atoms with van der Waals surface area (Å²) in [6.07, 6.45) is 3.26. The van der Waals surface area contributed by atoms with Crippen molar-refractivity contribution in [1.29, 1.82) is 0 Å². The zero-order valence-corrected chi connectivity index (χ0v) is 13.2. The van der Waals surface area contributed by atoms with Gasteiger partial charge >= 0.3 is 0 Å². The summed E-state index contributed by atoms with van der Waals surface area (Å²) in [6.45, 7) is 1.75. The van der Waals surface area contributed by atoms with Gasteiger partial charge in [0.05, 0.1) is 16.2 Å². The first-order valence-corrected chi connectivity index (χ1v) is 7.39. The summed E-state index contributed by atoms with van der Waals surface area (Å²) in [5.74, 6) is -0.0273. The Bertz CT molecular complexity index is 886. The van der Waals surface area contributed by atoms with Gasteiger partial charge in [-0.25, -0.2) is 0 Å². The third-order valence-corrected chi connectivity index (χ3v) is 4.26. The molecular weight excluding hydrogens is 319 g/mol. The van der Waals surface area contributed by atoms with E-state index < -0.39 is 0 Å². The lowest BCUT2D eigenvalue weighted by molar-refractivity contribution is 0.474. The highest BCUT2D eigenvalue weighted by molar-refractivity contribution is 6.37. The van der Waals surface area contributed by atoms with E-state index in [1.165, 1.54) is 6.21 Å². The number of phenols is 1. The van der Waals surface area contributed by atoms with Crippen LogP contribution >= 0.6 is 23.2 Å². The summed E-state index contributed by atoms with van der Waals surface area (Å²) in [7, 11) is 0. The highest BCUT2D eigenvalue weighted by Gasteiger charge is 2.11. The smallest absolute Gasteiger partial charge is 0.143 e. The minimum absolute atomic E-state index is 0.0273. The van der Waals surface area contributed by atoms with E-state index >= 15 is 0 Å². The summed E-state index contributed by atoms with van der Waals surface area (Å²) < 4.78 is 0. The topological polar surface area (TPSA) is 45.5 Å². The van der Waals surface area contributed by atoms with Crippen LogP contribution in [0.5, 0.6) is 5.75 Å². The molecule has 110 valence electrons. The Labute approximate surface area is 137 Å². The fraction of sp³-hybridized carbons (Fsp3) is 0.0588. The molecule has 1 N–H and O–H groups in total. The van der Waals surface area contributed by atoms with E-state index in [1.807, 2.05) is 30.3 Å². The van der Waals surface area contributed by atoms with Crippen molar-refractivity contribution < 1.29 is 5.11 Å². The van der Waals surface area contributed by atoms with Crippen LogP contribution in [0.15, 0.2) is 47.6 Å². The van der Waals surface area contributed by atoms with Crippen molar-refractivity contribution in [2.45, 2.75) is 6.92 Å². The number of pyridine rings is 1. The van der Waals surface area contributed by atoms with Crippen LogP contribution < -0.4 is 0 Å². The average Bonchev–Trinajstić information content (AvgIpc) is 2.55. The predicted molar refractivity (Wildman–Crippen MR) is 91.9 cm³/mol. The predicted octanol–water partition coefficient (Wildman–Crippen LogP) is 5.31. The molecule has 5 heteroatoms. The summed E-state index contributed by atoms with van der Waals surface area (Å²) in [5.41, 5.74) is 2.62. The number of hydrogen-bond donors (Lipinski definition) is 1. The number of benzene rings is 2. The number of aromatic nitrogens is 1. The van der Waals surface area contributed by atoms with Gasteiger partial charge in [0.1, 0.15) is 5.75 Å². The molecule has 3 nitrogen and oxygen atoms in total. The van der Waals surface area contributed by atoms with Crippen LogP contribution in [-0.4, -0.2) is 16.3 Å². The summed E-state index contributed by atoms with van der Waals surface area (Å²) in [5, 5.41) is 11.8. The van der Waals surface area contributed by atoms with Gasteiger partial charge < -0.3 is 5.11 Å². The number of fused-ring (bicyclic) bond motifs is 1. The van der Waals surface area contributed by atoms with Gasteiger partial charge in [0.15, 0.2) is 0 Å². The average molecular weight is 331 g/mol. The molecule has 1 aromatic heterocycles. The van der Waals surface area contributed by atoms with Crippen molar-refractivity contribution >= 4 is 46.0 Å². The molecule has 0 unspecified atom stereocenters. The fourth-order valence-electron chi connectivity index (χ4n) is 2.15. The Morgan fingerprint density at radius 3 is 2.77 bits per heavy atom. The SMILES string of the molecule is Cc1c(Cl)cc(C=Nc2cccc3cccnc23)c(O)c1Cl. The second-order valence-electron chi connectivity index (χ2n) is 4.85. The third kappa shape index (κ3) is 2.65. The number of para-hydroxylation sites is 1. The minimum Gasteiger partial charge on any atom is -0.506 e. The third-order valence-electron chi connectivity index (χ3n) is 3.41. The number of hydrogen-bond acceptors (Lipinski definition) is 3. The first-order chi connectivity index (χ1) is 10.6. The van der Waals surface area contributed by atoms with Crippen molar-refractivity contribution in [3.8, 4) is 5.75 Å². The van der Waals surface area contributed by atoms with Crippen LogP contribution in [0, 0.1) is 6.92 Å². The number of phenolic OH excluding ortho intramolecular Hbond substituents is 1. The molecule has 0 aliphatic heterocycles. The zero-order valence-electron chi connectivity index (χ0n) is 11.7. The number of aliphatic imine (C=N–C) groups is 1. The molecule has 0 bridgehead atoms. The maximum Gasteiger partial charge on any atom is 0.143 e. The van der Waals surface area contributed by atoms with Gasteiger partial charge in [-0.2, -0.15) is 0 Å². The van der Waals surface area contributed by atoms with Gasteiger partial charge in [0.25, 0.3) is 0 Å². The fourth-order valence-corrected chi connectivity index (χ4v) is 2.62. The van der Waals surface area contributed by atoms with E-state index in [1.54, 1.807) is 19.2 Å². The molecule has 3 aromatic rings. The molecule has 0 saturated carbocycles. The zero-order chi connectivity index (χ0) is 15.7. The number of aromatic hydroxyl groups is 1. The highest BCUT2D eigenvalue weighted by Crippen LogP contribution is 2.35. The van der Waals surface area contributed by atoms with Crippen molar-refractivity contribution in [2.24, 2.45) is 4.99 Å². The second-order valence-corrected chi connectivity index (χ2v) is 5.63. The molecule has 0 atom stereocenters. The van der Waals surface area contributed by atoms with Crippen LogP contribution in [0.3, 0.4) is 0 Å². The van der Waals surface area contributed by atoms with Crippen LogP contribution in [0.25, 0.3) is 10.9 Å². The molecule has 0 aliphatic carbocycles. The summed E-state index contributed by atoms with van der Waals surface area (Å²) in [6, 6.07) is 11.2. The van der Waals surface area contributed by atoms with Gasteiger partial charge in [-0.1, -0.05) is 41.4 Å². The molecule has 0 spiro atoms. The minimum atomic E-state index is -0.0273. The molecule has 3 rings (SSSR count). The lowest BCUT2D eigenvalue weighted by Crippen LogP contribution is -1.88. The van der Waals surface area contributed by atoms with E-state index in [9.17, 15) is 5.11 Å². The molecule has 22 heavy (non-hydrogen) atoms. The lowest BCUT2D eigenvalue weighted by Gasteiger charge is -2.07. The van der Waals surface area contributed by atoms with E-state index in [-0.39, 0.29) is 10.8 Å². The van der Waals surface area contributed by atoms with E-state index in [0.717, 1.165) is 10.9 Å². The van der Waals surface area contributed by atoms with Crippen molar-refractivity contribution in [1.82, 2.24) is 4.98 Å². The Balaban J connectivity index is 2.08. The Morgan fingerprint density at radius 1 is 1.18 bits per heavy atom. The van der Waals surface area contributed by atoms with Crippen molar-refractivity contribution in [3.05, 3.63) is 63.8 Å². The Hall–Kier alpha value is -2.10. The van der Waals surface area contributed by atoms with E-state index in [2.05, 4.69) is 9.98 Å². The lowest BCUT2D eigenvalue weighted by atomic mass is 10.1. The van der Waals surface area contributed by atoms with Gasteiger partial charge in [-0.3, -0.25) is 9.98 Å². The van der Waals surface area contributed by atoms with Gasteiger partial charge in [-0.05, 0) is 30.7 Å². The molecule has 0 amide bonds. The van der Waals surface area contributed by atoms with Crippen LogP contribution in [0.4, 0.5) is 5.69 Å². The number of halogens is 2. The maximum absolute atomic E-state index is 10.1. The monoisotopic (exact) mass is 330 g/mol. The summed E-state index contributed by atoms with van der Waals surface area (Å²) >= 11 is 12.2. The van der Waals surface area contributed by atoms with Gasteiger partial charge in [0, 0.05) is 28.4 Å². The highest BCUT2D eigenvalue weighted by atomic mass is 35.5. The molecule has 1 heterocycles. The van der Waals surface area contributed by atoms with Crippen LogP contribution in [-0.2, 0) is 0 Å². The van der Waals surface area contributed by atoms with Gasteiger partial charge in [-0.15, -0.1) is 0 Å². The first kappa shape index (κ1) is 14.8. The first-order valence-electron chi connectivity index (χ1n) is 6.63. The molecule has 2 aromatic carbocycles. The van der Waals surface area contributed by atoms with E-state index in [4.69, 9.17) is 23.2 Å². The molecular formula is C17H12Cl2N2O. The quantitative estimate of drug-likeness (QED) is 0.647. The Kier molecular flexibility index (Phi) is 4.01. The molecule has 0 aliphatic rings. The normalized spacial score (nSPS) is 11.4. The molecule has 0 saturated heterocycles. The van der Waals surface area contributed by atoms with Gasteiger partial charge in [0.2, 0.25) is 0 Å². The van der Waals surface area contributed by atoms with Crippen molar-refractivity contribution in [3.63, 3.8) is 0 Å².